The molecule has 1 saturated carbocycles. The Hall–Kier alpha value is -1.03. The molecule has 0 bridgehead atoms. The Labute approximate surface area is 100.0 Å². The monoisotopic (exact) mass is 241 g/mol. The molecule has 0 saturated heterocycles. The number of carbonyl (C=O) groups is 1. The molecule has 0 aliphatic heterocycles. The van der Waals surface area contributed by atoms with Gasteiger partial charge in [-0.3, -0.25) is 4.79 Å². The highest BCUT2D eigenvalue weighted by atomic mass is 35.5. The first-order valence-electron chi connectivity index (χ1n) is 5.60. The summed E-state index contributed by atoms with van der Waals surface area (Å²) in [6.07, 6.45) is 8.74. The van der Waals surface area contributed by atoms with Crippen molar-refractivity contribution in [3.05, 3.63) is 18.7 Å². The van der Waals surface area contributed by atoms with Gasteiger partial charge in [0.05, 0.1) is 12.4 Å². The molecule has 1 amide bonds. The van der Waals surface area contributed by atoms with Crippen molar-refractivity contribution < 1.29 is 4.79 Å². The molecule has 1 aliphatic carbocycles. The number of rotatable bonds is 3. The van der Waals surface area contributed by atoms with E-state index in [1.165, 1.54) is 0 Å². The van der Waals surface area contributed by atoms with E-state index >= 15 is 0 Å². The zero-order chi connectivity index (χ0) is 11.5. The van der Waals surface area contributed by atoms with Crippen molar-refractivity contribution in [1.29, 1.82) is 0 Å². The molecule has 1 fully saturated rings. The van der Waals surface area contributed by atoms with Crippen LogP contribution in [0, 0.1) is 0 Å². The Bertz CT molecular complexity index is 350. The van der Waals surface area contributed by atoms with Crippen LogP contribution in [0.25, 0.3) is 0 Å². The summed E-state index contributed by atoms with van der Waals surface area (Å²) in [6.45, 7) is 1.69. The molecule has 3 unspecified atom stereocenters. The zero-order valence-corrected chi connectivity index (χ0v) is 10.0. The van der Waals surface area contributed by atoms with E-state index in [0.717, 1.165) is 19.3 Å². The van der Waals surface area contributed by atoms with Crippen LogP contribution in [0.4, 0.5) is 0 Å². The third-order valence-corrected chi connectivity index (χ3v) is 3.27. The molecule has 0 radical (unpaired) electrons. The largest absolute Gasteiger partial charge is 0.350 e. The second-order valence-electron chi connectivity index (χ2n) is 4.24. The molecule has 1 aromatic heterocycles. The van der Waals surface area contributed by atoms with E-state index in [1.807, 2.05) is 6.20 Å². The molecule has 0 spiro atoms. The predicted molar refractivity (Wildman–Crippen MR) is 62.4 cm³/mol. The van der Waals surface area contributed by atoms with Crippen molar-refractivity contribution in [1.82, 2.24) is 14.9 Å². The lowest BCUT2D eigenvalue weighted by molar-refractivity contribution is -0.121. The molecule has 1 heterocycles. The molecule has 5 heteroatoms. The maximum Gasteiger partial charge on any atom is 0.238 e. The van der Waals surface area contributed by atoms with Gasteiger partial charge in [0.2, 0.25) is 5.91 Å². The number of nitrogens with one attached hydrogen (secondary N) is 1. The second-order valence-corrected chi connectivity index (χ2v) is 4.89. The van der Waals surface area contributed by atoms with Crippen molar-refractivity contribution in [2.75, 3.05) is 0 Å². The van der Waals surface area contributed by atoms with Gasteiger partial charge in [-0.15, -0.1) is 11.6 Å². The van der Waals surface area contributed by atoms with E-state index in [4.69, 9.17) is 11.6 Å². The Morgan fingerprint density at radius 2 is 2.44 bits per heavy atom. The third-order valence-electron chi connectivity index (χ3n) is 3.08. The van der Waals surface area contributed by atoms with E-state index in [0.29, 0.717) is 6.04 Å². The Morgan fingerprint density at radius 3 is 3.06 bits per heavy atom. The van der Waals surface area contributed by atoms with E-state index < -0.39 is 5.38 Å². The van der Waals surface area contributed by atoms with Crippen LogP contribution in [0.1, 0.15) is 32.2 Å². The molecule has 0 aromatic carbocycles. The van der Waals surface area contributed by atoms with Crippen LogP contribution in [0.5, 0.6) is 0 Å². The van der Waals surface area contributed by atoms with Crippen molar-refractivity contribution in [2.45, 2.75) is 43.6 Å². The Kier molecular flexibility index (Phi) is 3.49. The number of imidazole rings is 1. The average molecular weight is 242 g/mol. The van der Waals surface area contributed by atoms with Gasteiger partial charge in [0.15, 0.2) is 0 Å². The van der Waals surface area contributed by atoms with Crippen LogP contribution in [0.15, 0.2) is 18.7 Å². The smallest absolute Gasteiger partial charge is 0.238 e. The summed E-state index contributed by atoms with van der Waals surface area (Å²) < 4.78 is 2.07. The van der Waals surface area contributed by atoms with Gasteiger partial charge in [-0.1, -0.05) is 0 Å². The van der Waals surface area contributed by atoms with Gasteiger partial charge < -0.3 is 9.88 Å². The highest BCUT2D eigenvalue weighted by molar-refractivity contribution is 6.30. The molecule has 3 atom stereocenters. The first-order valence-corrected chi connectivity index (χ1v) is 6.04. The summed E-state index contributed by atoms with van der Waals surface area (Å²) >= 11 is 5.75. The van der Waals surface area contributed by atoms with E-state index in [1.54, 1.807) is 19.4 Å². The van der Waals surface area contributed by atoms with E-state index in [9.17, 15) is 4.79 Å². The van der Waals surface area contributed by atoms with Crippen LogP contribution in [0.2, 0.25) is 0 Å². The lowest BCUT2D eigenvalue weighted by Gasteiger charge is -2.22. The second kappa shape index (κ2) is 4.87. The first kappa shape index (κ1) is 11.5. The number of nitrogens with zero attached hydrogens (tertiary/aromatic N) is 2. The number of hydrogen-bond acceptors (Lipinski definition) is 2. The number of amides is 1. The molecule has 2 rings (SSSR count). The fraction of sp³-hybridized carbons (Fsp3) is 0.636. The minimum absolute atomic E-state index is 0.0846. The van der Waals surface area contributed by atoms with E-state index in [-0.39, 0.29) is 11.9 Å². The lowest BCUT2D eigenvalue weighted by atomic mass is 10.1. The molecule has 1 N–H and O–H groups in total. The summed E-state index contributed by atoms with van der Waals surface area (Å²) in [6, 6.07) is 0.504. The van der Waals surface area contributed by atoms with Crippen LogP contribution < -0.4 is 5.32 Å². The Balaban J connectivity index is 2.01. The standard InChI is InChI=1S/C11H16ClN3O/c1-8(12)11(16)14-9-3-2-4-10(9)15-6-5-13-7-15/h5-10H,2-4H2,1H3,(H,14,16). The molecule has 88 valence electrons. The number of carbonyl (C=O) groups excluding carboxylic acids is 1. The highest BCUT2D eigenvalue weighted by Crippen LogP contribution is 2.29. The Morgan fingerprint density at radius 1 is 1.62 bits per heavy atom. The number of halogens is 1. The quantitative estimate of drug-likeness (QED) is 0.820. The molecular weight excluding hydrogens is 226 g/mol. The van der Waals surface area contributed by atoms with Crippen LogP contribution in [-0.2, 0) is 4.79 Å². The SMILES string of the molecule is CC(Cl)C(=O)NC1CCCC1n1ccnc1. The van der Waals surface area contributed by atoms with Gasteiger partial charge in [-0.25, -0.2) is 4.98 Å². The van der Waals surface area contributed by atoms with Gasteiger partial charge in [-0.05, 0) is 26.2 Å². The molecular formula is C11H16ClN3O. The molecule has 4 nitrogen and oxygen atoms in total. The molecule has 16 heavy (non-hydrogen) atoms. The van der Waals surface area contributed by atoms with E-state index in [2.05, 4.69) is 14.9 Å². The summed E-state index contributed by atoms with van der Waals surface area (Å²) in [5.41, 5.74) is 0. The van der Waals surface area contributed by atoms with Gasteiger partial charge in [-0.2, -0.15) is 0 Å². The first-order chi connectivity index (χ1) is 7.68. The third kappa shape index (κ3) is 2.38. The average Bonchev–Trinajstić information content (AvgIpc) is 2.85. The maximum absolute atomic E-state index is 11.5. The van der Waals surface area contributed by atoms with Crippen molar-refractivity contribution in [2.24, 2.45) is 0 Å². The summed E-state index contributed by atoms with van der Waals surface area (Å²) in [7, 11) is 0. The van der Waals surface area contributed by atoms with Gasteiger partial charge >= 0.3 is 0 Å². The van der Waals surface area contributed by atoms with Crippen molar-refractivity contribution in [3.63, 3.8) is 0 Å². The zero-order valence-electron chi connectivity index (χ0n) is 9.27. The molecule has 1 aliphatic rings. The van der Waals surface area contributed by atoms with Gasteiger partial charge in [0.1, 0.15) is 5.38 Å². The molecule has 1 aromatic rings. The van der Waals surface area contributed by atoms with Crippen molar-refractivity contribution >= 4 is 17.5 Å². The lowest BCUT2D eigenvalue weighted by Crippen LogP contribution is -2.41. The summed E-state index contributed by atoms with van der Waals surface area (Å²) in [5, 5.41) is 2.53. The number of hydrogen-bond donors (Lipinski definition) is 1. The topological polar surface area (TPSA) is 46.9 Å². The fourth-order valence-corrected chi connectivity index (χ4v) is 2.29. The van der Waals surface area contributed by atoms with Crippen LogP contribution >= 0.6 is 11.6 Å². The minimum Gasteiger partial charge on any atom is -0.350 e. The number of alkyl halides is 1. The van der Waals surface area contributed by atoms with Crippen LogP contribution in [-0.4, -0.2) is 26.9 Å². The minimum atomic E-state index is -0.468. The maximum atomic E-state index is 11.5. The van der Waals surface area contributed by atoms with Gasteiger partial charge in [0, 0.05) is 18.4 Å². The number of aromatic nitrogens is 2. The summed E-state index contributed by atoms with van der Waals surface area (Å²) in [4.78, 5) is 15.6. The predicted octanol–water partition coefficient (Wildman–Crippen LogP) is 1.72. The highest BCUT2D eigenvalue weighted by Gasteiger charge is 2.30. The van der Waals surface area contributed by atoms with Gasteiger partial charge in [0.25, 0.3) is 0 Å². The normalized spacial score (nSPS) is 26.6. The van der Waals surface area contributed by atoms with Crippen LogP contribution in [0.3, 0.4) is 0 Å². The fourth-order valence-electron chi connectivity index (χ4n) is 2.23. The summed E-state index contributed by atoms with van der Waals surface area (Å²) in [5.74, 6) is -0.0846. The van der Waals surface area contributed by atoms with Crippen molar-refractivity contribution in [3.8, 4) is 0 Å².